The molecule has 0 aliphatic heterocycles. The molecular formula is C20H21FN2O. The third-order valence-corrected chi connectivity index (χ3v) is 4.21. The van der Waals surface area contributed by atoms with Crippen LogP contribution in [0, 0.1) is 12.7 Å². The fraction of sp³-hybridized carbons (Fsp3) is 0.250. The average Bonchev–Trinajstić information content (AvgIpc) is 2.97. The Kier molecular flexibility index (Phi) is 4.94. The lowest BCUT2D eigenvalue weighted by Gasteiger charge is -2.05. The van der Waals surface area contributed by atoms with Crippen molar-refractivity contribution in [2.45, 2.75) is 26.2 Å². The molecule has 0 saturated carbocycles. The van der Waals surface area contributed by atoms with Gasteiger partial charge in [-0.15, -0.1) is 0 Å². The van der Waals surface area contributed by atoms with Crippen molar-refractivity contribution < 1.29 is 9.18 Å². The lowest BCUT2D eigenvalue weighted by atomic mass is 10.1. The van der Waals surface area contributed by atoms with Gasteiger partial charge in [0.1, 0.15) is 5.82 Å². The number of H-pyrrole nitrogens is 1. The van der Waals surface area contributed by atoms with Gasteiger partial charge in [-0.1, -0.05) is 29.8 Å². The third kappa shape index (κ3) is 4.02. The van der Waals surface area contributed by atoms with Crippen molar-refractivity contribution in [1.82, 2.24) is 10.3 Å². The number of nitrogens with one attached hydrogen (secondary N) is 2. The minimum Gasteiger partial charge on any atom is -0.361 e. The first kappa shape index (κ1) is 16.2. The molecule has 0 aliphatic rings. The number of carbonyl (C=O) groups excluding carboxylic acids is 1. The normalized spacial score (nSPS) is 10.9. The van der Waals surface area contributed by atoms with Crippen molar-refractivity contribution >= 4 is 16.8 Å². The van der Waals surface area contributed by atoms with E-state index in [9.17, 15) is 9.18 Å². The van der Waals surface area contributed by atoms with Crippen LogP contribution in [0.4, 0.5) is 4.39 Å². The summed E-state index contributed by atoms with van der Waals surface area (Å²) in [4.78, 5) is 15.1. The van der Waals surface area contributed by atoms with Crippen LogP contribution in [0.25, 0.3) is 10.9 Å². The predicted molar refractivity (Wildman–Crippen MR) is 94.5 cm³/mol. The van der Waals surface area contributed by atoms with E-state index in [0.717, 1.165) is 22.9 Å². The van der Waals surface area contributed by atoms with Crippen LogP contribution < -0.4 is 5.32 Å². The minimum atomic E-state index is -0.245. The molecule has 0 unspecified atom stereocenters. The summed E-state index contributed by atoms with van der Waals surface area (Å²) in [5.41, 5.74) is 4.32. The Bertz CT molecular complexity index is 836. The van der Waals surface area contributed by atoms with Crippen LogP contribution in [0.3, 0.4) is 0 Å². The second-order valence-electron chi connectivity index (χ2n) is 6.09. The highest BCUT2D eigenvalue weighted by molar-refractivity contribution is 5.83. The molecular weight excluding hydrogens is 303 g/mol. The summed E-state index contributed by atoms with van der Waals surface area (Å²) in [6.07, 6.45) is 3.78. The van der Waals surface area contributed by atoms with E-state index in [1.54, 1.807) is 6.07 Å². The number of halogens is 1. The Morgan fingerprint density at radius 3 is 2.71 bits per heavy atom. The summed E-state index contributed by atoms with van der Waals surface area (Å²) in [6.45, 7) is 2.60. The Morgan fingerprint density at radius 2 is 1.92 bits per heavy atom. The molecule has 2 aromatic carbocycles. The largest absolute Gasteiger partial charge is 0.361 e. The number of hydrogen-bond donors (Lipinski definition) is 2. The lowest BCUT2D eigenvalue weighted by molar-refractivity contribution is -0.121. The van der Waals surface area contributed by atoms with Gasteiger partial charge in [0.05, 0.1) is 0 Å². The van der Waals surface area contributed by atoms with Gasteiger partial charge in [-0.3, -0.25) is 4.79 Å². The molecule has 0 spiro atoms. The van der Waals surface area contributed by atoms with Crippen LogP contribution >= 0.6 is 0 Å². The summed E-state index contributed by atoms with van der Waals surface area (Å²) in [5, 5.41) is 3.81. The summed E-state index contributed by atoms with van der Waals surface area (Å²) in [6, 6.07) is 12.9. The van der Waals surface area contributed by atoms with Crippen LogP contribution in [-0.2, 0) is 17.6 Å². The Labute approximate surface area is 140 Å². The lowest BCUT2D eigenvalue weighted by Crippen LogP contribution is -2.25. The number of amides is 1. The van der Waals surface area contributed by atoms with Gasteiger partial charge in [0.25, 0.3) is 0 Å². The molecule has 124 valence electrons. The number of benzene rings is 2. The second-order valence-corrected chi connectivity index (χ2v) is 6.09. The number of aromatic amines is 1. The molecule has 3 aromatic rings. The van der Waals surface area contributed by atoms with Crippen molar-refractivity contribution in [2.24, 2.45) is 0 Å². The molecule has 4 heteroatoms. The van der Waals surface area contributed by atoms with E-state index in [1.165, 1.54) is 23.3 Å². The van der Waals surface area contributed by atoms with Gasteiger partial charge >= 0.3 is 0 Å². The van der Waals surface area contributed by atoms with Crippen LogP contribution in [0.1, 0.15) is 23.1 Å². The topological polar surface area (TPSA) is 44.9 Å². The quantitative estimate of drug-likeness (QED) is 0.709. The van der Waals surface area contributed by atoms with Crippen LogP contribution in [0.5, 0.6) is 0 Å². The van der Waals surface area contributed by atoms with Gasteiger partial charge in [-0.05, 0) is 49.1 Å². The number of carbonyl (C=O) groups is 1. The fourth-order valence-corrected chi connectivity index (χ4v) is 2.80. The van der Waals surface area contributed by atoms with E-state index in [1.807, 2.05) is 13.1 Å². The Balaban J connectivity index is 1.47. The number of aromatic nitrogens is 1. The monoisotopic (exact) mass is 324 g/mol. The highest BCUT2D eigenvalue weighted by Crippen LogP contribution is 2.19. The zero-order chi connectivity index (χ0) is 16.9. The third-order valence-electron chi connectivity index (χ3n) is 4.21. The summed E-state index contributed by atoms with van der Waals surface area (Å²) in [5.74, 6) is -0.202. The maximum atomic E-state index is 13.3. The number of rotatable bonds is 6. The first-order valence-corrected chi connectivity index (χ1v) is 8.19. The highest BCUT2D eigenvalue weighted by atomic mass is 19.1. The number of aryl methyl sites for hydroxylation is 2. The van der Waals surface area contributed by atoms with Crippen LogP contribution in [0.15, 0.2) is 48.7 Å². The van der Waals surface area contributed by atoms with Gasteiger partial charge < -0.3 is 10.3 Å². The van der Waals surface area contributed by atoms with Gasteiger partial charge in [0.15, 0.2) is 0 Å². The molecule has 3 nitrogen and oxygen atoms in total. The van der Waals surface area contributed by atoms with Gasteiger partial charge in [-0.2, -0.15) is 0 Å². The van der Waals surface area contributed by atoms with Crippen molar-refractivity contribution in [3.63, 3.8) is 0 Å². The average molecular weight is 324 g/mol. The van der Waals surface area contributed by atoms with Crippen molar-refractivity contribution in [3.05, 3.63) is 71.2 Å². The molecule has 0 atom stereocenters. The van der Waals surface area contributed by atoms with E-state index < -0.39 is 0 Å². The Hall–Kier alpha value is -2.62. The molecule has 0 radical (unpaired) electrons. The summed E-state index contributed by atoms with van der Waals surface area (Å²) in [7, 11) is 0. The molecule has 3 rings (SSSR count). The van der Waals surface area contributed by atoms with E-state index in [2.05, 4.69) is 34.6 Å². The minimum absolute atomic E-state index is 0.0431. The van der Waals surface area contributed by atoms with Crippen LogP contribution in [-0.4, -0.2) is 17.4 Å². The van der Waals surface area contributed by atoms with Crippen LogP contribution in [0.2, 0.25) is 0 Å². The molecule has 1 aromatic heterocycles. The van der Waals surface area contributed by atoms with Crippen molar-refractivity contribution in [2.75, 3.05) is 6.54 Å². The zero-order valence-corrected chi connectivity index (χ0v) is 13.7. The Morgan fingerprint density at radius 1 is 1.12 bits per heavy atom. The van der Waals surface area contributed by atoms with E-state index in [0.29, 0.717) is 19.4 Å². The summed E-state index contributed by atoms with van der Waals surface area (Å²) >= 11 is 0. The van der Waals surface area contributed by atoms with E-state index in [-0.39, 0.29) is 11.7 Å². The van der Waals surface area contributed by atoms with Crippen molar-refractivity contribution in [1.29, 1.82) is 0 Å². The molecule has 0 aliphatic carbocycles. The molecule has 2 N–H and O–H groups in total. The van der Waals surface area contributed by atoms with E-state index >= 15 is 0 Å². The van der Waals surface area contributed by atoms with Gasteiger partial charge in [0.2, 0.25) is 5.91 Å². The number of hydrogen-bond acceptors (Lipinski definition) is 1. The molecule has 0 saturated heterocycles. The fourth-order valence-electron chi connectivity index (χ4n) is 2.80. The first-order chi connectivity index (χ1) is 11.6. The molecule has 0 bridgehead atoms. The molecule has 24 heavy (non-hydrogen) atoms. The smallest absolute Gasteiger partial charge is 0.220 e. The molecule has 0 fully saturated rings. The van der Waals surface area contributed by atoms with Crippen molar-refractivity contribution in [3.8, 4) is 0 Å². The van der Waals surface area contributed by atoms with E-state index in [4.69, 9.17) is 0 Å². The first-order valence-electron chi connectivity index (χ1n) is 8.19. The standard InChI is InChI=1S/C20H21FN2O/c1-14-2-4-15(5-3-14)6-9-20(24)22-11-10-16-13-23-19-8-7-17(21)12-18(16)19/h2-5,7-8,12-13,23H,6,9-11H2,1H3,(H,22,24). The SMILES string of the molecule is Cc1ccc(CCC(=O)NCCc2c[nH]c3ccc(F)cc23)cc1. The predicted octanol–water partition coefficient (Wildman–Crippen LogP) is 3.91. The van der Waals surface area contributed by atoms with Gasteiger partial charge in [-0.25, -0.2) is 4.39 Å². The molecule has 1 amide bonds. The van der Waals surface area contributed by atoms with Gasteiger partial charge in [0, 0.05) is 30.1 Å². The maximum Gasteiger partial charge on any atom is 0.220 e. The number of fused-ring (bicyclic) bond motifs is 1. The second kappa shape index (κ2) is 7.30. The maximum absolute atomic E-state index is 13.3. The zero-order valence-electron chi connectivity index (χ0n) is 13.7. The summed E-state index contributed by atoms with van der Waals surface area (Å²) < 4.78 is 13.3. The molecule has 1 heterocycles. The highest BCUT2D eigenvalue weighted by Gasteiger charge is 2.06.